The number of aromatic nitrogens is 1. The van der Waals surface area contributed by atoms with Crippen LogP contribution in [0.4, 0.5) is 5.69 Å². The topological polar surface area (TPSA) is 106 Å². The molecule has 1 saturated heterocycles. The Morgan fingerprint density at radius 2 is 1.87 bits per heavy atom. The number of piperazine rings is 1. The monoisotopic (exact) mass is 462 g/mol. The van der Waals surface area contributed by atoms with Gasteiger partial charge in [-0.1, -0.05) is 12.1 Å². The van der Waals surface area contributed by atoms with Gasteiger partial charge in [0, 0.05) is 32.2 Å². The van der Waals surface area contributed by atoms with Crippen molar-refractivity contribution in [3.63, 3.8) is 0 Å². The molecule has 31 heavy (non-hydrogen) atoms. The van der Waals surface area contributed by atoms with Gasteiger partial charge in [-0.3, -0.25) is 15.0 Å². The Labute approximate surface area is 184 Å². The summed E-state index contributed by atoms with van der Waals surface area (Å²) in [5.74, 6) is -0.0283. The van der Waals surface area contributed by atoms with Crippen molar-refractivity contribution in [3.05, 3.63) is 57.6 Å². The summed E-state index contributed by atoms with van der Waals surface area (Å²) in [7, 11) is -2.53. The molecule has 9 nitrogen and oxygen atoms in total. The fourth-order valence-electron chi connectivity index (χ4n) is 3.68. The van der Waals surface area contributed by atoms with E-state index in [0.717, 1.165) is 21.3 Å². The number of sulfonamides is 1. The Bertz CT molecular complexity index is 1190. The zero-order chi connectivity index (χ0) is 22.2. The molecule has 164 valence electrons. The first-order valence-electron chi connectivity index (χ1n) is 9.73. The van der Waals surface area contributed by atoms with E-state index in [1.807, 2.05) is 24.3 Å². The van der Waals surface area contributed by atoms with Crippen LogP contribution in [0.5, 0.6) is 5.75 Å². The maximum absolute atomic E-state index is 13.2. The highest BCUT2D eigenvalue weighted by molar-refractivity contribution is 7.89. The van der Waals surface area contributed by atoms with Gasteiger partial charge in [-0.15, -0.1) is 11.3 Å². The average Bonchev–Trinajstić information content (AvgIpc) is 3.22. The number of hydrogen-bond acceptors (Lipinski definition) is 8. The summed E-state index contributed by atoms with van der Waals surface area (Å²) in [6, 6.07) is 11.6. The Hall–Kier alpha value is -2.60. The van der Waals surface area contributed by atoms with Crippen molar-refractivity contribution in [3.8, 4) is 5.75 Å². The number of fused-ring (bicyclic) bond motifs is 1. The largest absolute Gasteiger partial charge is 0.495 e. The number of thiazole rings is 1. The molecular weight excluding hydrogens is 440 g/mol. The molecule has 1 atom stereocenters. The summed E-state index contributed by atoms with van der Waals surface area (Å²) in [5, 5.41) is 12.0. The highest BCUT2D eigenvalue weighted by atomic mass is 32.2. The zero-order valence-corrected chi connectivity index (χ0v) is 18.7. The standard InChI is InChI=1S/C20H22N4O5S2/c1-14(20-21-16-5-3-4-6-18(16)30-20)22-9-11-23(12-10-22)31(27,28)19-8-7-15(24(25)26)13-17(19)29-2/h3-8,13-14H,9-12H2,1-2H3. The van der Waals surface area contributed by atoms with E-state index >= 15 is 0 Å². The third-order valence-electron chi connectivity index (χ3n) is 5.46. The maximum Gasteiger partial charge on any atom is 0.273 e. The predicted molar refractivity (Wildman–Crippen MR) is 118 cm³/mol. The second-order valence-corrected chi connectivity index (χ2v) is 10.2. The normalized spacial score (nSPS) is 17.0. The van der Waals surface area contributed by atoms with Crippen LogP contribution in [0.25, 0.3) is 10.2 Å². The lowest BCUT2D eigenvalue weighted by Gasteiger charge is -2.36. The first-order chi connectivity index (χ1) is 14.8. The minimum Gasteiger partial charge on any atom is -0.495 e. The molecule has 1 fully saturated rings. The first-order valence-corrected chi connectivity index (χ1v) is 12.0. The number of benzene rings is 2. The Morgan fingerprint density at radius 3 is 2.52 bits per heavy atom. The molecule has 1 aromatic heterocycles. The Morgan fingerprint density at radius 1 is 1.16 bits per heavy atom. The summed E-state index contributed by atoms with van der Waals surface area (Å²) >= 11 is 1.65. The van der Waals surface area contributed by atoms with Gasteiger partial charge < -0.3 is 4.74 Å². The maximum atomic E-state index is 13.2. The average molecular weight is 463 g/mol. The molecular formula is C20H22N4O5S2. The molecule has 1 aliphatic rings. The number of nitro benzene ring substituents is 1. The SMILES string of the molecule is COc1cc([N+](=O)[O-])ccc1S(=O)(=O)N1CCN(C(C)c2nc3ccccc3s2)CC1. The van der Waals surface area contributed by atoms with E-state index in [4.69, 9.17) is 9.72 Å². The van der Waals surface area contributed by atoms with Gasteiger partial charge in [0.2, 0.25) is 10.0 Å². The number of rotatable bonds is 6. The molecule has 2 aromatic carbocycles. The summed E-state index contributed by atoms with van der Waals surface area (Å²) in [6.07, 6.45) is 0. The van der Waals surface area contributed by atoms with E-state index in [1.54, 1.807) is 11.3 Å². The van der Waals surface area contributed by atoms with Crippen molar-refractivity contribution in [1.29, 1.82) is 0 Å². The van der Waals surface area contributed by atoms with Crippen molar-refractivity contribution in [1.82, 2.24) is 14.2 Å². The van der Waals surface area contributed by atoms with Crippen molar-refractivity contribution in [2.75, 3.05) is 33.3 Å². The highest BCUT2D eigenvalue weighted by Crippen LogP contribution is 2.33. The van der Waals surface area contributed by atoms with E-state index < -0.39 is 14.9 Å². The van der Waals surface area contributed by atoms with E-state index in [0.29, 0.717) is 26.2 Å². The van der Waals surface area contributed by atoms with Crippen LogP contribution in [0.15, 0.2) is 47.4 Å². The molecule has 0 bridgehead atoms. The van der Waals surface area contributed by atoms with E-state index in [2.05, 4.69) is 11.8 Å². The number of para-hydroxylation sites is 1. The minimum atomic E-state index is -3.84. The molecule has 1 unspecified atom stereocenters. The molecule has 0 saturated carbocycles. The van der Waals surface area contributed by atoms with Gasteiger partial charge >= 0.3 is 0 Å². The van der Waals surface area contributed by atoms with Gasteiger partial charge in [0.25, 0.3) is 5.69 Å². The quantitative estimate of drug-likeness (QED) is 0.409. The van der Waals surface area contributed by atoms with Crippen LogP contribution in [0.3, 0.4) is 0 Å². The lowest BCUT2D eigenvalue weighted by atomic mass is 10.2. The van der Waals surface area contributed by atoms with Crippen molar-refractivity contribution in [2.24, 2.45) is 0 Å². The van der Waals surface area contributed by atoms with Gasteiger partial charge in [-0.25, -0.2) is 13.4 Å². The highest BCUT2D eigenvalue weighted by Gasteiger charge is 2.33. The smallest absolute Gasteiger partial charge is 0.273 e. The van der Waals surface area contributed by atoms with Gasteiger partial charge in [0.1, 0.15) is 15.7 Å². The van der Waals surface area contributed by atoms with Crippen molar-refractivity contribution >= 4 is 37.3 Å². The summed E-state index contributed by atoms with van der Waals surface area (Å²) in [5.41, 5.74) is 0.756. The number of ether oxygens (including phenoxy) is 1. The van der Waals surface area contributed by atoms with Gasteiger partial charge in [-0.05, 0) is 25.1 Å². The molecule has 11 heteroatoms. The van der Waals surface area contributed by atoms with E-state index in [9.17, 15) is 18.5 Å². The number of hydrogen-bond donors (Lipinski definition) is 0. The van der Waals surface area contributed by atoms with Crippen LogP contribution in [-0.4, -0.2) is 60.8 Å². The second-order valence-electron chi connectivity index (χ2n) is 7.23. The van der Waals surface area contributed by atoms with Gasteiger partial charge in [0.15, 0.2) is 0 Å². The van der Waals surface area contributed by atoms with Crippen molar-refractivity contribution < 1.29 is 18.1 Å². The Kier molecular flexibility index (Phi) is 5.93. The predicted octanol–water partition coefficient (Wildman–Crippen LogP) is 3.28. The lowest BCUT2D eigenvalue weighted by Crippen LogP contribution is -2.49. The molecule has 0 spiro atoms. The molecule has 0 N–H and O–H groups in total. The van der Waals surface area contributed by atoms with Gasteiger partial charge in [-0.2, -0.15) is 4.31 Å². The van der Waals surface area contributed by atoms with E-state index in [1.165, 1.54) is 23.5 Å². The third kappa shape index (κ3) is 4.13. The Balaban J connectivity index is 1.49. The molecule has 3 aromatic rings. The first kappa shape index (κ1) is 21.6. The number of non-ortho nitro benzene ring substituents is 1. The van der Waals surface area contributed by atoms with Crippen LogP contribution >= 0.6 is 11.3 Å². The minimum absolute atomic E-state index is 0.0283. The van der Waals surface area contributed by atoms with E-state index in [-0.39, 0.29) is 22.4 Å². The third-order valence-corrected chi connectivity index (χ3v) is 8.61. The number of methoxy groups -OCH3 is 1. The van der Waals surface area contributed by atoms with Crippen LogP contribution < -0.4 is 4.74 Å². The van der Waals surface area contributed by atoms with Crippen LogP contribution in [-0.2, 0) is 10.0 Å². The van der Waals surface area contributed by atoms with Crippen molar-refractivity contribution in [2.45, 2.75) is 17.9 Å². The molecule has 2 heterocycles. The summed E-state index contributed by atoms with van der Waals surface area (Å²) < 4.78 is 34.0. The van der Waals surface area contributed by atoms with Crippen LogP contribution in [0, 0.1) is 10.1 Å². The molecule has 0 amide bonds. The fraction of sp³-hybridized carbons (Fsp3) is 0.350. The number of nitro groups is 1. The summed E-state index contributed by atoms with van der Waals surface area (Å²) in [6.45, 7) is 3.84. The summed E-state index contributed by atoms with van der Waals surface area (Å²) in [4.78, 5) is 17.3. The fourth-order valence-corrected chi connectivity index (χ4v) is 6.29. The second kappa shape index (κ2) is 8.50. The zero-order valence-electron chi connectivity index (χ0n) is 17.1. The number of nitrogens with zero attached hydrogens (tertiary/aromatic N) is 4. The molecule has 0 radical (unpaired) electrons. The molecule has 0 aliphatic carbocycles. The van der Waals surface area contributed by atoms with Crippen LogP contribution in [0.2, 0.25) is 0 Å². The molecule has 4 rings (SSSR count). The molecule has 1 aliphatic heterocycles. The van der Waals surface area contributed by atoms with Crippen LogP contribution in [0.1, 0.15) is 18.0 Å². The van der Waals surface area contributed by atoms with Gasteiger partial charge in [0.05, 0.1) is 34.4 Å². The lowest BCUT2D eigenvalue weighted by molar-refractivity contribution is -0.385.